The highest BCUT2D eigenvalue weighted by molar-refractivity contribution is 6.27. The molecule has 3 N–H and O–H groups in total. The van der Waals surface area contributed by atoms with Gasteiger partial charge in [-0.1, -0.05) is 30.3 Å². The van der Waals surface area contributed by atoms with E-state index in [9.17, 15) is 0 Å². The molecule has 0 aliphatic heterocycles. The maximum absolute atomic E-state index is 9.10. The molecule has 0 radical (unpaired) electrons. The Morgan fingerprint density at radius 1 is 1.09 bits per heavy atom. The third-order valence-corrected chi connectivity index (χ3v) is 3.10. The molecule has 1 aromatic carbocycles. The van der Waals surface area contributed by atoms with Crippen LogP contribution in [0.2, 0.25) is 0 Å². The normalized spacial score (nSPS) is 11.2. The van der Waals surface area contributed by atoms with Crippen LogP contribution in [0.3, 0.4) is 0 Å². The van der Waals surface area contributed by atoms with Crippen LogP contribution in [-0.4, -0.2) is 28.2 Å². The van der Waals surface area contributed by atoms with E-state index in [1.54, 1.807) is 6.26 Å². The largest absolute Gasteiger partial charge is 0.473 e. The number of hydrogen-bond acceptors (Lipinski definition) is 4. The second-order valence-electron chi connectivity index (χ2n) is 5.00. The van der Waals surface area contributed by atoms with Gasteiger partial charge in [-0.2, -0.15) is 0 Å². The lowest BCUT2D eigenvalue weighted by molar-refractivity contribution is -0.159. The lowest BCUT2D eigenvalue weighted by Gasteiger charge is -2.12. The molecule has 23 heavy (non-hydrogen) atoms. The first-order valence-electron chi connectivity index (χ1n) is 7.25. The molecule has 1 unspecified atom stereocenters. The lowest BCUT2D eigenvalue weighted by atomic mass is 10.1. The van der Waals surface area contributed by atoms with Crippen molar-refractivity contribution in [2.24, 2.45) is 0 Å². The van der Waals surface area contributed by atoms with Crippen LogP contribution in [0.15, 0.2) is 53.1 Å². The van der Waals surface area contributed by atoms with Gasteiger partial charge in [0, 0.05) is 6.04 Å². The summed E-state index contributed by atoms with van der Waals surface area (Å²) in [6, 6.07) is 15.0. The van der Waals surface area contributed by atoms with E-state index in [1.165, 1.54) is 5.56 Å². The van der Waals surface area contributed by atoms with Crippen LogP contribution < -0.4 is 5.32 Å². The van der Waals surface area contributed by atoms with Gasteiger partial charge in [0.15, 0.2) is 0 Å². The summed E-state index contributed by atoms with van der Waals surface area (Å²) in [7, 11) is 0. The average molecular weight is 319 g/mol. The van der Waals surface area contributed by atoms with Gasteiger partial charge in [0.25, 0.3) is 0 Å². The third-order valence-electron chi connectivity index (χ3n) is 3.10. The number of aliphatic carboxylic acids is 2. The van der Waals surface area contributed by atoms with E-state index in [2.05, 4.69) is 42.6 Å². The van der Waals surface area contributed by atoms with Crippen LogP contribution in [0.1, 0.15) is 24.7 Å². The van der Waals surface area contributed by atoms with Crippen molar-refractivity contribution in [1.29, 1.82) is 0 Å². The number of carboxylic acid groups (broad SMARTS) is 2. The van der Waals surface area contributed by atoms with Gasteiger partial charge in [0.05, 0.1) is 12.8 Å². The molecule has 6 heteroatoms. The highest BCUT2D eigenvalue weighted by Crippen LogP contribution is 2.06. The fourth-order valence-corrected chi connectivity index (χ4v) is 1.82. The van der Waals surface area contributed by atoms with E-state index < -0.39 is 11.9 Å². The Kier molecular flexibility index (Phi) is 8.17. The average Bonchev–Trinajstić information content (AvgIpc) is 3.06. The van der Waals surface area contributed by atoms with E-state index in [0.29, 0.717) is 6.04 Å². The molecule has 0 aliphatic rings. The number of rotatable bonds is 6. The molecule has 1 heterocycles. The number of furan rings is 1. The summed E-state index contributed by atoms with van der Waals surface area (Å²) in [5.41, 5.74) is 1.40. The molecule has 0 saturated carbocycles. The molecule has 0 saturated heterocycles. The van der Waals surface area contributed by atoms with Crippen LogP contribution in [-0.2, 0) is 22.6 Å². The second-order valence-corrected chi connectivity index (χ2v) is 5.00. The Bertz CT molecular complexity index is 568. The van der Waals surface area contributed by atoms with Crippen molar-refractivity contribution < 1.29 is 24.2 Å². The van der Waals surface area contributed by atoms with Gasteiger partial charge in [-0.15, -0.1) is 0 Å². The van der Waals surface area contributed by atoms with Gasteiger partial charge in [0.1, 0.15) is 5.76 Å². The van der Waals surface area contributed by atoms with Gasteiger partial charge in [0.2, 0.25) is 0 Å². The first-order valence-corrected chi connectivity index (χ1v) is 7.25. The summed E-state index contributed by atoms with van der Waals surface area (Å²) >= 11 is 0. The maximum atomic E-state index is 9.10. The molecule has 2 rings (SSSR count). The van der Waals surface area contributed by atoms with E-state index in [1.807, 2.05) is 12.1 Å². The minimum absolute atomic E-state index is 0.500. The number of benzene rings is 1. The minimum Gasteiger partial charge on any atom is -0.473 e. The van der Waals surface area contributed by atoms with Crippen molar-refractivity contribution in [3.63, 3.8) is 0 Å². The molecule has 0 bridgehead atoms. The predicted octanol–water partition coefficient (Wildman–Crippen LogP) is 2.55. The van der Waals surface area contributed by atoms with Crippen molar-refractivity contribution in [2.75, 3.05) is 0 Å². The topological polar surface area (TPSA) is 99.8 Å². The lowest BCUT2D eigenvalue weighted by Crippen LogP contribution is -2.25. The number of hydrogen-bond donors (Lipinski definition) is 3. The molecule has 1 atom stereocenters. The molecule has 6 nitrogen and oxygen atoms in total. The van der Waals surface area contributed by atoms with Gasteiger partial charge in [-0.3, -0.25) is 0 Å². The summed E-state index contributed by atoms with van der Waals surface area (Å²) in [6.45, 7) is 3.02. The smallest absolute Gasteiger partial charge is 0.414 e. The molecule has 0 fully saturated rings. The first-order chi connectivity index (χ1) is 11.0. The zero-order valence-electron chi connectivity index (χ0n) is 12.9. The van der Waals surface area contributed by atoms with E-state index in [-0.39, 0.29) is 0 Å². The minimum atomic E-state index is -1.82. The zero-order chi connectivity index (χ0) is 17.1. The fraction of sp³-hybridized carbons (Fsp3) is 0.294. The first kappa shape index (κ1) is 18.4. The Morgan fingerprint density at radius 3 is 2.26 bits per heavy atom. The van der Waals surface area contributed by atoms with E-state index >= 15 is 0 Å². The molecule has 0 aliphatic carbocycles. The SMILES string of the molecule is CC(CCc1ccccc1)NCc1ccco1.O=C(O)C(=O)O. The Morgan fingerprint density at radius 2 is 1.74 bits per heavy atom. The number of carboxylic acids is 2. The van der Waals surface area contributed by atoms with Crippen LogP contribution in [0.25, 0.3) is 0 Å². The number of aryl methyl sites for hydroxylation is 1. The van der Waals surface area contributed by atoms with E-state index in [4.69, 9.17) is 24.2 Å². The zero-order valence-corrected chi connectivity index (χ0v) is 12.9. The molecule has 1 aromatic heterocycles. The van der Waals surface area contributed by atoms with Crippen LogP contribution in [0, 0.1) is 0 Å². The van der Waals surface area contributed by atoms with Crippen molar-refractivity contribution >= 4 is 11.9 Å². The highest BCUT2D eigenvalue weighted by Gasteiger charge is 2.04. The third kappa shape index (κ3) is 8.43. The monoisotopic (exact) mass is 319 g/mol. The highest BCUT2D eigenvalue weighted by atomic mass is 16.4. The summed E-state index contributed by atoms with van der Waals surface area (Å²) in [5.74, 6) is -2.65. The van der Waals surface area contributed by atoms with E-state index in [0.717, 1.165) is 25.1 Å². The molecule has 124 valence electrons. The van der Waals surface area contributed by atoms with Crippen molar-refractivity contribution in [1.82, 2.24) is 5.32 Å². The predicted molar refractivity (Wildman–Crippen MR) is 85.0 cm³/mol. The summed E-state index contributed by atoms with van der Waals surface area (Å²) < 4.78 is 5.28. The summed E-state index contributed by atoms with van der Waals surface area (Å²) in [4.78, 5) is 18.2. The van der Waals surface area contributed by atoms with Crippen LogP contribution in [0.4, 0.5) is 0 Å². The van der Waals surface area contributed by atoms with Crippen molar-refractivity contribution in [2.45, 2.75) is 32.4 Å². The Balaban J connectivity index is 0.000000379. The van der Waals surface area contributed by atoms with Crippen molar-refractivity contribution in [3.05, 3.63) is 60.1 Å². The molecule has 0 amide bonds. The number of carbonyl (C=O) groups is 2. The summed E-state index contributed by atoms with van der Waals surface area (Å²) in [6.07, 6.45) is 3.98. The van der Waals surface area contributed by atoms with Crippen molar-refractivity contribution in [3.8, 4) is 0 Å². The molecule has 0 spiro atoms. The van der Waals surface area contributed by atoms with Gasteiger partial charge >= 0.3 is 11.9 Å². The van der Waals surface area contributed by atoms with Crippen LogP contribution in [0.5, 0.6) is 0 Å². The van der Waals surface area contributed by atoms with Gasteiger partial charge < -0.3 is 19.9 Å². The molecular formula is C17H21NO5. The Hall–Kier alpha value is -2.60. The molecular weight excluding hydrogens is 298 g/mol. The molecule has 2 aromatic rings. The van der Waals surface area contributed by atoms with Gasteiger partial charge in [-0.25, -0.2) is 9.59 Å². The maximum Gasteiger partial charge on any atom is 0.414 e. The second kappa shape index (κ2) is 10.2. The fourth-order valence-electron chi connectivity index (χ4n) is 1.82. The Labute approximate surface area is 134 Å². The quantitative estimate of drug-likeness (QED) is 0.708. The van der Waals surface area contributed by atoms with Crippen LogP contribution >= 0.6 is 0 Å². The summed E-state index contributed by atoms with van der Waals surface area (Å²) in [5, 5.41) is 18.2. The number of nitrogens with one attached hydrogen (secondary N) is 1. The van der Waals surface area contributed by atoms with Gasteiger partial charge in [-0.05, 0) is 37.5 Å². The standard InChI is InChI=1S/C15H19NO.C2H2O4/c1-13(16-12-15-8-5-11-17-15)9-10-14-6-3-2-4-7-14;3-1(4)2(5)6/h2-8,11,13,16H,9-10,12H2,1H3;(H,3,4)(H,5,6).